The molecule has 0 aliphatic carbocycles. The maximum Gasteiger partial charge on any atom is 0.240 e. The molecule has 0 saturated carbocycles. The zero-order chi connectivity index (χ0) is 13.0. The molecule has 1 unspecified atom stereocenters. The van der Waals surface area contributed by atoms with Gasteiger partial charge < -0.3 is 14.9 Å². The minimum Gasteiger partial charge on any atom is -0.508 e. The molecular weight excluding hydrogens is 230 g/mol. The van der Waals surface area contributed by atoms with E-state index in [0.717, 1.165) is 12.0 Å². The summed E-state index contributed by atoms with van der Waals surface area (Å²) in [6.45, 7) is 4.80. The van der Waals surface area contributed by atoms with Crippen LogP contribution in [0.4, 0.5) is 0 Å². The van der Waals surface area contributed by atoms with Crippen LogP contribution in [0.5, 0.6) is 5.75 Å². The van der Waals surface area contributed by atoms with Gasteiger partial charge >= 0.3 is 0 Å². The Morgan fingerprint density at radius 3 is 2.72 bits per heavy atom. The van der Waals surface area contributed by atoms with Gasteiger partial charge in [-0.3, -0.25) is 0 Å². The molecule has 0 radical (unpaired) electrons. The Labute approximate surface area is 106 Å². The molecule has 96 valence electrons. The molecule has 0 spiro atoms. The van der Waals surface area contributed by atoms with E-state index in [1.54, 1.807) is 24.3 Å². The quantitative estimate of drug-likeness (QED) is 0.848. The average Bonchev–Trinajstić information content (AvgIpc) is 2.85. The molecule has 1 aromatic heterocycles. The van der Waals surface area contributed by atoms with Crippen molar-refractivity contribution in [2.45, 2.75) is 32.9 Å². The molecule has 0 saturated heterocycles. The molecule has 0 amide bonds. The van der Waals surface area contributed by atoms with E-state index in [9.17, 15) is 5.11 Å². The second-order valence-electron chi connectivity index (χ2n) is 4.25. The Bertz CT molecular complexity index is 493. The van der Waals surface area contributed by atoms with Crippen molar-refractivity contribution in [3.63, 3.8) is 0 Å². The van der Waals surface area contributed by atoms with Gasteiger partial charge in [-0.1, -0.05) is 12.1 Å². The Balaban J connectivity index is 2.03. The van der Waals surface area contributed by atoms with Gasteiger partial charge in [0.2, 0.25) is 11.7 Å². The van der Waals surface area contributed by atoms with Crippen molar-refractivity contribution in [3.8, 4) is 17.1 Å². The van der Waals surface area contributed by atoms with E-state index in [2.05, 4.69) is 29.3 Å². The number of aromatic hydroxyl groups is 1. The smallest absolute Gasteiger partial charge is 0.240 e. The lowest BCUT2D eigenvalue weighted by molar-refractivity contribution is 0.358. The van der Waals surface area contributed by atoms with E-state index < -0.39 is 0 Å². The molecule has 1 heterocycles. The minimum atomic E-state index is 0.223. The molecule has 18 heavy (non-hydrogen) atoms. The van der Waals surface area contributed by atoms with Crippen LogP contribution in [0.2, 0.25) is 0 Å². The van der Waals surface area contributed by atoms with Crippen molar-refractivity contribution in [2.24, 2.45) is 0 Å². The third-order valence-corrected chi connectivity index (χ3v) is 2.81. The molecule has 0 aliphatic heterocycles. The lowest BCUT2D eigenvalue weighted by Gasteiger charge is -2.07. The Morgan fingerprint density at radius 1 is 1.33 bits per heavy atom. The first kappa shape index (κ1) is 12.6. The van der Waals surface area contributed by atoms with Crippen LogP contribution in [0.15, 0.2) is 28.8 Å². The molecule has 5 heteroatoms. The zero-order valence-corrected chi connectivity index (χ0v) is 10.6. The van der Waals surface area contributed by atoms with Gasteiger partial charge in [-0.25, -0.2) is 0 Å². The number of rotatable bonds is 5. The number of aromatic nitrogens is 2. The largest absolute Gasteiger partial charge is 0.508 e. The number of hydrogen-bond acceptors (Lipinski definition) is 5. The molecular formula is C13H17N3O2. The van der Waals surface area contributed by atoms with Crippen LogP contribution in [-0.2, 0) is 6.54 Å². The van der Waals surface area contributed by atoms with Crippen molar-refractivity contribution in [1.29, 1.82) is 0 Å². The van der Waals surface area contributed by atoms with Gasteiger partial charge in [-0.05, 0) is 37.6 Å². The minimum absolute atomic E-state index is 0.223. The highest BCUT2D eigenvalue weighted by Crippen LogP contribution is 2.18. The summed E-state index contributed by atoms with van der Waals surface area (Å²) in [4.78, 5) is 4.29. The van der Waals surface area contributed by atoms with E-state index in [1.165, 1.54) is 0 Å². The highest BCUT2D eigenvalue weighted by atomic mass is 16.5. The highest BCUT2D eigenvalue weighted by Gasteiger charge is 2.09. The summed E-state index contributed by atoms with van der Waals surface area (Å²) in [5.74, 6) is 1.33. The maximum atomic E-state index is 9.21. The van der Waals surface area contributed by atoms with Gasteiger partial charge in [0, 0.05) is 11.6 Å². The monoisotopic (exact) mass is 247 g/mol. The molecule has 0 fully saturated rings. The molecule has 5 nitrogen and oxygen atoms in total. The summed E-state index contributed by atoms with van der Waals surface area (Å²) < 4.78 is 5.16. The molecule has 2 aromatic rings. The first-order valence-electron chi connectivity index (χ1n) is 6.04. The van der Waals surface area contributed by atoms with Crippen molar-refractivity contribution < 1.29 is 9.63 Å². The van der Waals surface area contributed by atoms with E-state index in [-0.39, 0.29) is 5.75 Å². The molecule has 2 rings (SSSR count). The summed E-state index contributed by atoms with van der Waals surface area (Å²) in [5.41, 5.74) is 0.825. The van der Waals surface area contributed by atoms with Crippen LogP contribution in [-0.4, -0.2) is 21.3 Å². The third kappa shape index (κ3) is 3.07. The van der Waals surface area contributed by atoms with E-state index >= 15 is 0 Å². The topological polar surface area (TPSA) is 71.2 Å². The van der Waals surface area contributed by atoms with Crippen molar-refractivity contribution in [3.05, 3.63) is 30.2 Å². The SMILES string of the molecule is CCC(C)NCc1nc(-c2ccc(O)cc2)no1. The molecule has 1 atom stereocenters. The highest BCUT2D eigenvalue weighted by molar-refractivity contribution is 5.55. The fourth-order valence-corrected chi connectivity index (χ4v) is 1.46. The number of benzene rings is 1. The van der Waals surface area contributed by atoms with Crippen molar-refractivity contribution >= 4 is 0 Å². The summed E-state index contributed by atoms with van der Waals surface area (Å²) in [7, 11) is 0. The first-order chi connectivity index (χ1) is 8.69. The first-order valence-corrected chi connectivity index (χ1v) is 6.04. The van der Waals surface area contributed by atoms with Gasteiger partial charge in [0.05, 0.1) is 6.54 Å². The van der Waals surface area contributed by atoms with Gasteiger partial charge in [0.15, 0.2) is 0 Å². The van der Waals surface area contributed by atoms with Crippen LogP contribution in [0.3, 0.4) is 0 Å². The van der Waals surface area contributed by atoms with Gasteiger partial charge in [0.1, 0.15) is 5.75 Å². The van der Waals surface area contributed by atoms with Crippen LogP contribution in [0.1, 0.15) is 26.2 Å². The zero-order valence-electron chi connectivity index (χ0n) is 10.6. The number of phenolic OH excluding ortho intramolecular Hbond substituents is 1. The standard InChI is InChI=1S/C13H17N3O2/c1-3-9(2)14-8-12-15-13(16-18-12)10-4-6-11(17)7-5-10/h4-7,9,14,17H,3,8H2,1-2H3. The van der Waals surface area contributed by atoms with Crippen LogP contribution in [0, 0.1) is 0 Å². The maximum absolute atomic E-state index is 9.21. The number of nitrogens with one attached hydrogen (secondary N) is 1. The summed E-state index contributed by atoms with van der Waals surface area (Å²) in [5, 5.41) is 16.4. The summed E-state index contributed by atoms with van der Waals surface area (Å²) in [6, 6.07) is 7.14. The third-order valence-electron chi connectivity index (χ3n) is 2.81. The summed E-state index contributed by atoms with van der Waals surface area (Å²) in [6.07, 6.45) is 1.05. The Kier molecular flexibility index (Phi) is 3.94. The second-order valence-corrected chi connectivity index (χ2v) is 4.25. The molecule has 2 N–H and O–H groups in total. The van der Waals surface area contributed by atoms with Gasteiger partial charge in [-0.15, -0.1) is 0 Å². The second kappa shape index (κ2) is 5.64. The number of hydrogen-bond donors (Lipinski definition) is 2. The van der Waals surface area contributed by atoms with Crippen LogP contribution >= 0.6 is 0 Å². The predicted octanol–water partition coefficient (Wildman–Crippen LogP) is 2.33. The fraction of sp³-hybridized carbons (Fsp3) is 0.385. The van der Waals surface area contributed by atoms with E-state index in [0.29, 0.717) is 24.3 Å². The van der Waals surface area contributed by atoms with Crippen molar-refractivity contribution in [1.82, 2.24) is 15.5 Å². The van der Waals surface area contributed by atoms with Gasteiger partial charge in [-0.2, -0.15) is 4.98 Å². The van der Waals surface area contributed by atoms with Gasteiger partial charge in [0.25, 0.3) is 0 Å². The van der Waals surface area contributed by atoms with E-state index in [1.807, 2.05) is 0 Å². The molecule has 0 bridgehead atoms. The number of nitrogens with zero attached hydrogens (tertiary/aromatic N) is 2. The van der Waals surface area contributed by atoms with E-state index in [4.69, 9.17) is 4.52 Å². The predicted molar refractivity (Wildman–Crippen MR) is 68.0 cm³/mol. The molecule has 1 aromatic carbocycles. The van der Waals surface area contributed by atoms with Crippen LogP contribution in [0.25, 0.3) is 11.4 Å². The average molecular weight is 247 g/mol. The Morgan fingerprint density at radius 2 is 2.06 bits per heavy atom. The lowest BCUT2D eigenvalue weighted by atomic mass is 10.2. The summed E-state index contributed by atoms with van der Waals surface area (Å²) >= 11 is 0. The number of phenols is 1. The fourth-order valence-electron chi connectivity index (χ4n) is 1.46. The van der Waals surface area contributed by atoms with Crippen molar-refractivity contribution in [2.75, 3.05) is 0 Å². The normalized spacial score (nSPS) is 12.6. The lowest BCUT2D eigenvalue weighted by Crippen LogP contribution is -2.24. The molecule has 0 aliphatic rings. The Hall–Kier alpha value is -1.88. The van der Waals surface area contributed by atoms with Crippen LogP contribution < -0.4 is 5.32 Å².